The molecular weight excluding hydrogens is 578 g/mol. The van der Waals surface area contributed by atoms with Crippen LogP contribution in [0.25, 0.3) is 0 Å². The van der Waals surface area contributed by atoms with E-state index in [1.54, 1.807) is 41.3 Å². The van der Waals surface area contributed by atoms with Gasteiger partial charge >= 0.3 is 12.4 Å². The molecule has 0 bridgehead atoms. The summed E-state index contributed by atoms with van der Waals surface area (Å²) in [5, 5.41) is 11.9. The molecule has 2 aromatic carbocycles. The number of alkyl halides is 6. The summed E-state index contributed by atoms with van der Waals surface area (Å²) in [6, 6.07) is 11.7. The van der Waals surface area contributed by atoms with E-state index in [0.29, 0.717) is 16.9 Å². The number of nitrogens with zero attached hydrogens (tertiary/aromatic N) is 2. The van der Waals surface area contributed by atoms with Gasteiger partial charge in [-0.05, 0) is 43.2 Å². The smallest absolute Gasteiger partial charge is 0.369 e. The summed E-state index contributed by atoms with van der Waals surface area (Å²) in [7, 11) is 0. The number of benzene rings is 2. The molecule has 0 fully saturated rings. The van der Waals surface area contributed by atoms with Crippen molar-refractivity contribution in [3.05, 3.63) is 58.6 Å². The summed E-state index contributed by atoms with van der Waals surface area (Å²) in [4.78, 5) is 40.3. The number of ketones is 1. The lowest BCUT2D eigenvalue weighted by Crippen LogP contribution is -2.51. The zero-order chi connectivity index (χ0) is 30.5. The third kappa shape index (κ3) is 8.60. The number of halogens is 7. The Hall–Kier alpha value is -3.79. The molecule has 0 unspecified atom stereocenters. The summed E-state index contributed by atoms with van der Waals surface area (Å²) in [5.41, 5.74) is 6.84. The van der Waals surface area contributed by atoms with Gasteiger partial charge in [-0.1, -0.05) is 23.7 Å². The Bertz CT molecular complexity index is 1340. The van der Waals surface area contributed by atoms with Crippen LogP contribution >= 0.6 is 11.6 Å². The molecule has 0 saturated heterocycles. The second kappa shape index (κ2) is 12.8. The molecule has 41 heavy (non-hydrogen) atoms. The number of rotatable bonds is 9. The monoisotopic (exact) mass is 602 g/mol. The van der Waals surface area contributed by atoms with E-state index in [9.17, 15) is 46.0 Å². The minimum absolute atomic E-state index is 0.230. The van der Waals surface area contributed by atoms with E-state index in [-0.39, 0.29) is 23.6 Å². The zero-order valence-electron chi connectivity index (χ0n) is 21.4. The minimum Gasteiger partial charge on any atom is -0.369 e. The Morgan fingerprint density at radius 1 is 1.05 bits per heavy atom. The van der Waals surface area contributed by atoms with Gasteiger partial charge in [-0.25, -0.2) is 0 Å². The molecule has 0 radical (unpaired) electrons. The van der Waals surface area contributed by atoms with Crippen molar-refractivity contribution < 1.29 is 40.7 Å². The first-order chi connectivity index (χ1) is 19.1. The van der Waals surface area contributed by atoms with E-state index < -0.39 is 73.5 Å². The lowest BCUT2D eigenvalue weighted by Gasteiger charge is -2.30. The summed E-state index contributed by atoms with van der Waals surface area (Å²) in [6.45, 7) is -0.247. The van der Waals surface area contributed by atoms with E-state index in [2.05, 4.69) is 5.32 Å². The Labute approximate surface area is 236 Å². The number of Topliss-reactive ketones (excluding diaryl/α,β-unsaturated/α-hetero) is 1. The van der Waals surface area contributed by atoms with Gasteiger partial charge in [-0.3, -0.25) is 14.4 Å². The number of hydrogen-bond acceptors (Lipinski definition) is 5. The minimum atomic E-state index is -4.77. The van der Waals surface area contributed by atoms with Gasteiger partial charge in [-0.15, -0.1) is 0 Å². The lowest BCUT2D eigenvalue weighted by molar-refractivity contribution is -0.152. The molecular formula is C27H25ClF6N4O3. The van der Waals surface area contributed by atoms with Crippen LogP contribution in [-0.2, 0) is 20.8 Å². The van der Waals surface area contributed by atoms with Crippen molar-refractivity contribution in [1.82, 2.24) is 5.32 Å². The van der Waals surface area contributed by atoms with Crippen LogP contribution in [-0.4, -0.2) is 42.5 Å². The molecule has 2 aromatic rings. The lowest BCUT2D eigenvalue weighted by atomic mass is 9.83. The van der Waals surface area contributed by atoms with Crippen molar-refractivity contribution in [3.63, 3.8) is 0 Å². The van der Waals surface area contributed by atoms with Crippen LogP contribution in [0.1, 0.15) is 36.8 Å². The Balaban J connectivity index is 1.98. The summed E-state index contributed by atoms with van der Waals surface area (Å²) >= 11 is 6.36. The van der Waals surface area contributed by atoms with Crippen molar-refractivity contribution in [2.75, 3.05) is 11.4 Å². The molecule has 0 aromatic heterocycles. The predicted octanol–water partition coefficient (Wildman–Crippen LogP) is 5.36. The number of carbonyl (C=O) groups excluding carboxylic acids is 3. The van der Waals surface area contributed by atoms with Crippen LogP contribution < -0.4 is 16.0 Å². The standard InChI is InChI=1S/C27H25ClF6N4O3/c28-20-5-2-6-22-19(20)12-23(39)21(14-38(22)16-4-1-3-15(11-16)13-35)37-25(41)18(8-10-27(32,33)34)17(24(36)40)7-9-26(29,30)31/h1-6,11,17-18,21H,7-10,12,14H2,(H2,36,40)(H,37,41)/t17-,18+,21-/m0/s1. The second-order valence-corrected chi connectivity index (χ2v) is 10.0. The van der Waals surface area contributed by atoms with Crippen LogP contribution in [0, 0.1) is 23.2 Å². The highest BCUT2D eigenvalue weighted by Gasteiger charge is 2.41. The number of nitriles is 1. The predicted molar refractivity (Wildman–Crippen MR) is 137 cm³/mol. The summed E-state index contributed by atoms with van der Waals surface area (Å²) in [6.07, 6.45) is -14.9. The number of nitrogens with two attached hydrogens (primary N) is 1. The average molecular weight is 603 g/mol. The molecule has 220 valence electrons. The highest BCUT2D eigenvalue weighted by Crippen LogP contribution is 2.37. The fourth-order valence-corrected chi connectivity index (χ4v) is 4.98. The summed E-state index contributed by atoms with van der Waals surface area (Å²) in [5.74, 6) is -6.89. The number of carbonyl (C=O) groups is 3. The van der Waals surface area contributed by atoms with Crippen molar-refractivity contribution in [2.24, 2.45) is 17.6 Å². The summed E-state index contributed by atoms with van der Waals surface area (Å²) < 4.78 is 77.9. The molecule has 1 heterocycles. The number of anilines is 2. The third-order valence-electron chi connectivity index (χ3n) is 6.76. The van der Waals surface area contributed by atoms with E-state index in [1.807, 2.05) is 6.07 Å². The van der Waals surface area contributed by atoms with E-state index >= 15 is 0 Å². The molecule has 2 amide bonds. The molecule has 14 heteroatoms. The van der Waals surface area contributed by atoms with Crippen molar-refractivity contribution >= 4 is 40.6 Å². The topological polar surface area (TPSA) is 116 Å². The molecule has 3 N–H and O–H groups in total. The van der Waals surface area contributed by atoms with Gasteiger partial charge in [-0.2, -0.15) is 31.6 Å². The Kier molecular flexibility index (Phi) is 9.91. The van der Waals surface area contributed by atoms with Crippen LogP contribution in [0.15, 0.2) is 42.5 Å². The van der Waals surface area contributed by atoms with Crippen molar-refractivity contribution in [3.8, 4) is 6.07 Å². The van der Waals surface area contributed by atoms with Crippen LogP contribution in [0.2, 0.25) is 5.02 Å². The largest absolute Gasteiger partial charge is 0.389 e. The first kappa shape index (κ1) is 31.7. The Morgan fingerprint density at radius 3 is 2.24 bits per heavy atom. The first-order valence-electron chi connectivity index (χ1n) is 12.4. The zero-order valence-corrected chi connectivity index (χ0v) is 22.1. The Morgan fingerprint density at radius 2 is 1.66 bits per heavy atom. The fraction of sp³-hybridized carbons (Fsp3) is 0.407. The third-order valence-corrected chi connectivity index (χ3v) is 7.11. The van der Waals surface area contributed by atoms with Crippen molar-refractivity contribution in [1.29, 1.82) is 5.26 Å². The average Bonchev–Trinajstić information content (AvgIpc) is 3.01. The van der Waals surface area contributed by atoms with E-state index in [1.165, 1.54) is 6.07 Å². The normalized spacial score (nSPS) is 17.2. The maximum Gasteiger partial charge on any atom is 0.389 e. The number of amides is 2. The first-order valence-corrected chi connectivity index (χ1v) is 12.8. The van der Waals surface area contributed by atoms with Crippen molar-refractivity contribution in [2.45, 2.75) is 50.5 Å². The molecule has 3 atom stereocenters. The van der Waals surface area contributed by atoms with Gasteiger partial charge in [0.15, 0.2) is 5.78 Å². The molecule has 0 aliphatic carbocycles. The molecule has 0 saturated carbocycles. The quantitative estimate of drug-likeness (QED) is 0.375. The van der Waals surface area contributed by atoms with Crippen LogP contribution in [0.4, 0.5) is 37.7 Å². The molecule has 3 rings (SSSR count). The number of nitrogens with one attached hydrogen (secondary N) is 1. The van der Waals surface area contributed by atoms with Gasteiger partial charge in [0.25, 0.3) is 0 Å². The maximum absolute atomic E-state index is 13.3. The molecule has 1 aliphatic rings. The van der Waals surface area contributed by atoms with Gasteiger partial charge in [0.2, 0.25) is 11.8 Å². The van der Waals surface area contributed by atoms with E-state index in [4.69, 9.17) is 17.3 Å². The van der Waals surface area contributed by atoms with Crippen LogP contribution in [0.5, 0.6) is 0 Å². The van der Waals surface area contributed by atoms with Crippen LogP contribution in [0.3, 0.4) is 0 Å². The SMILES string of the molecule is N#Cc1cccc(N2C[C@H](NC(=O)[C@H](CCC(F)(F)F)[C@H](CCC(F)(F)F)C(N)=O)C(=O)Cc3c(Cl)cccc32)c1. The second-order valence-electron chi connectivity index (χ2n) is 9.64. The van der Waals surface area contributed by atoms with Gasteiger partial charge in [0, 0.05) is 53.1 Å². The molecule has 0 spiro atoms. The molecule has 7 nitrogen and oxygen atoms in total. The number of fused-ring (bicyclic) bond motifs is 1. The van der Waals surface area contributed by atoms with Gasteiger partial charge in [0.05, 0.1) is 18.2 Å². The number of hydrogen-bond donors (Lipinski definition) is 2. The van der Waals surface area contributed by atoms with E-state index in [0.717, 1.165) is 0 Å². The number of primary amides is 1. The highest BCUT2D eigenvalue weighted by molar-refractivity contribution is 6.32. The fourth-order valence-electron chi connectivity index (χ4n) is 4.74. The van der Waals surface area contributed by atoms with Gasteiger partial charge in [0.1, 0.15) is 6.04 Å². The van der Waals surface area contributed by atoms with Gasteiger partial charge < -0.3 is 16.0 Å². The highest BCUT2D eigenvalue weighted by atomic mass is 35.5. The molecule has 1 aliphatic heterocycles. The maximum atomic E-state index is 13.3.